The third-order valence-corrected chi connectivity index (χ3v) is 4.86. The topological polar surface area (TPSA) is 83.3 Å². The molecule has 3 rings (SSSR count). The molecule has 3 N–H and O–H groups in total. The minimum atomic E-state index is -1.71. The Kier molecular flexibility index (Phi) is 5.22. The van der Waals surface area contributed by atoms with Crippen LogP contribution in [0.2, 0.25) is 0 Å². The molecule has 2 aliphatic heterocycles. The number of quaternary nitrogens is 1. The molecule has 2 aliphatic rings. The van der Waals surface area contributed by atoms with Crippen molar-refractivity contribution >= 4 is 11.9 Å². The lowest BCUT2D eigenvalue weighted by molar-refractivity contribution is -0.910. The zero-order valence-electron chi connectivity index (χ0n) is 14.4. The van der Waals surface area contributed by atoms with Crippen LogP contribution in [0, 0.1) is 11.6 Å². The molecule has 0 aromatic heterocycles. The number of ether oxygens (including phenoxy) is 1. The fourth-order valence-corrected chi connectivity index (χ4v) is 3.40. The van der Waals surface area contributed by atoms with Gasteiger partial charge in [0.2, 0.25) is 0 Å². The Hall–Kier alpha value is -2.10. The van der Waals surface area contributed by atoms with E-state index in [9.17, 15) is 23.5 Å². The Balaban J connectivity index is 1.72. The van der Waals surface area contributed by atoms with Crippen molar-refractivity contribution in [3.63, 3.8) is 0 Å². The van der Waals surface area contributed by atoms with Crippen LogP contribution in [0.1, 0.15) is 12.5 Å². The molecule has 0 bridgehead atoms. The number of aliphatic hydroxyl groups is 1. The van der Waals surface area contributed by atoms with Gasteiger partial charge in [0.1, 0.15) is 42.9 Å². The number of carbonyl (C=O) groups excluding carboxylic acids is 2. The largest absolute Gasteiger partial charge is 0.385 e. The van der Waals surface area contributed by atoms with Crippen LogP contribution < -0.4 is 10.2 Å². The maximum Gasteiger partial charge on any atom is 0.325 e. The van der Waals surface area contributed by atoms with E-state index in [4.69, 9.17) is 4.74 Å². The number of β-amino-alcohol motifs (C(OH)–C–C–N with tert-alkyl or cyclic N) is 1. The first-order chi connectivity index (χ1) is 12.3. The highest BCUT2D eigenvalue weighted by atomic mass is 19.1. The Morgan fingerprint density at radius 1 is 1.35 bits per heavy atom. The standard InChI is InChI=1S/C17H21F2N3O4/c1-17(13-8-11(18)2-3-14(13)19)15(24)22(16(25)20-17)10-12(23)9-21-4-6-26-7-5-21/h2-3,8,12,23H,4-7,9-10H2,1H3,(H,20,25)/p+1/t12-,17+/m0/s1. The molecule has 142 valence electrons. The summed E-state index contributed by atoms with van der Waals surface area (Å²) >= 11 is 0. The first-order valence-corrected chi connectivity index (χ1v) is 8.50. The van der Waals surface area contributed by atoms with Crippen molar-refractivity contribution < 1.29 is 33.1 Å². The second kappa shape index (κ2) is 7.26. The predicted molar refractivity (Wildman–Crippen MR) is 86.3 cm³/mol. The third kappa shape index (κ3) is 3.55. The average molecular weight is 370 g/mol. The van der Waals surface area contributed by atoms with Crippen molar-refractivity contribution in [1.82, 2.24) is 10.2 Å². The van der Waals surface area contributed by atoms with Crippen LogP contribution in [0.4, 0.5) is 13.6 Å². The van der Waals surface area contributed by atoms with Crippen LogP contribution in [0.25, 0.3) is 0 Å². The van der Waals surface area contributed by atoms with Gasteiger partial charge in [0, 0.05) is 5.56 Å². The van der Waals surface area contributed by atoms with Gasteiger partial charge in [-0.2, -0.15) is 0 Å². The number of amides is 3. The van der Waals surface area contributed by atoms with E-state index in [-0.39, 0.29) is 12.1 Å². The summed E-state index contributed by atoms with van der Waals surface area (Å²) in [4.78, 5) is 27.0. The zero-order valence-corrected chi connectivity index (χ0v) is 14.4. The lowest BCUT2D eigenvalue weighted by Crippen LogP contribution is -3.15. The van der Waals surface area contributed by atoms with Gasteiger partial charge in [0.05, 0.1) is 19.8 Å². The van der Waals surface area contributed by atoms with Gasteiger partial charge in [-0.25, -0.2) is 13.6 Å². The number of nitrogens with zero attached hydrogens (tertiary/aromatic N) is 1. The monoisotopic (exact) mass is 370 g/mol. The van der Waals surface area contributed by atoms with E-state index in [0.29, 0.717) is 19.8 Å². The molecule has 0 aliphatic carbocycles. The van der Waals surface area contributed by atoms with Gasteiger partial charge in [-0.15, -0.1) is 0 Å². The summed E-state index contributed by atoms with van der Waals surface area (Å²) in [5.41, 5.74) is -1.96. The maximum absolute atomic E-state index is 14.1. The molecule has 0 spiro atoms. The van der Waals surface area contributed by atoms with Crippen molar-refractivity contribution in [2.24, 2.45) is 0 Å². The molecule has 9 heteroatoms. The highest BCUT2D eigenvalue weighted by Gasteiger charge is 2.50. The van der Waals surface area contributed by atoms with E-state index < -0.39 is 35.2 Å². The number of morpholine rings is 1. The molecule has 0 unspecified atom stereocenters. The van der Waals surface area contributed by atoms with Crippen LogP contribution in [0.15, 0.2) is 18.2 Å². The van der Waals surface area contributed by atoms with Gasteiger partial charge in [-0.3, -0.25) is 9.69 Å². The summed E-state index contributed by atoms with van der Waals surface area (Å²) in [5, 5.41) is 12.7. The van der Waals surface area contributed by atoms with Gasteiger partial charge < -0.3 is 20.1 Å². The minimum absolute atomic E-state index is 0.207. The van der Waals surface area contributed by atoms with Crippen LogP contribution in [0.3, 0.4) is 0 Å². The summed E-state index contributed by atoms with van der Waals surface area (Å²) in [6.07, 6.45) is -0.919. The molecular weight excluding hydrogens is 348 g/mol. The number of hydrogen-bond acceptors (Lipinski definition) is 4. The quantitative estimate of drug-likeness (QED) is 0.581. The number of halogens is 2. The van der Waals surface area contributed by atoms with Crippen molar-refractivity contribution in [3.8, 4) is 0 Å². The minimum Gasteiger partial charge on any atom is -0.385 e. The summed E-state index contributed by atoms with van der Waals surface area (Å²) in [6.45, 7) is 4.16. The molecule has 7 nitrogen and oxygen atoms in total. The van der Waals surface area contributed by atoms with Crippen LogP contribution in [-0.2, 0) is 15.1 Å². The number of aliphatic hydroxyl groups excluding tert-OH is 1. The Morgan fingerprint density at radius 2 is 2.04 bits per heavy atom. The normalized spacial score (nSPS) is 25.5. The lowest BCUT2D eigenvalue weighted by Gasteiger charge is -2.27. The molecule has 0 radical (unpaired) electrons. The number of imide groups is 1. The van der Waals surface area contributed by atoms with Crippen molar-refractivity contribution in [3.05, 3.63) is 35.4 Å². The highest BCUT2D eigenvalue weighted by Crippen LogP contribution is 2.31. The summed E-state index contributed by atoms with van der Waals surface area (Å²) in [6, 6.07) is 2.01. The number of rotatable bonds is 5. The van der Waals surface area contributed by atoms with Crippen LogP contribution in [-0.4, -0.2) is 67.4 Å². The summed E-state index contributed by atoms with van der Waals surface area (Å²) in [7, 11) is 0. The number of nitrogens with one attached hydrogen (secondary N) is 2. The van der Waals surface area contributed by atoms with Gasteiger partial charge in [-0.05, 0) is 25.1 Å². The molecule has 2 saturated heterocycles. The number of carbonyl (C=O) groups is 2. The van der Waals surface area contributed by atoms with Gasteiger partial charge in [-0.1, -0.05) is 0 Å². The van der Waals surface area contributed by atoms with E-state index in [1.165, 1.54) is 6.92 Å². The summed E-state index contributed by atoms with van der Waals surface area (Å²) in [5.74, 6) is -2.22. The third-order valence-electron chi connectivity index (χ3n) is 4.86. The number of urea groups is 1. The maximum atomic E-state index is 14.1. The zero-order chi connectivity index (χ0) is 18.9. The van der Waals surface area contributed by atoms with Gasteiger partial charge in [0.15, 0.2) is 0 Å². The van der Waals surface area contributed by atoms with Crippen molar-refractivity contribution in [2.75, 3.05) is 39.4 Å². The molecule has 0 saturated carbocycles. The second-order valence-electron chi connectivity index (χ2n) is 6.82. The molecule has 2 atom stereocenters. The van der Waals surface area contributed by atoms with Gasteiger partial charge in [0.25, 0.3) is 5.91 Å². The fourth-order valence-electron chi connectivity index (χ4n) is 3.40. The predicted octanol–water partition coefficient (Wildman–Crippen LogP) is -0.992. The van der Waals surface area contributed by atoms with E-state index in [0.717, 1.165) is 41.1 Å². The first kappa shape index (κ1) is 18.7. The molecule has 3 amide bonds. The molecular formula is C17H22F2N3O4+. The van der Waals surface area contributed by atoms with Crippen LogP contribution in [0.5, 0.6) is 0 Å². The fraction of sp³-hybridized carbons (Fsp3) is 0.529. The number of hydrogen-bond donors (Lipinski definition) is 3. The average Bonchev–Trinajstić information content (AvgIpc) is 2.82. The first-order valence-electron chi connectivity index (χ1n) is 8.50. The molecule has 2 fully saturated rings. The van der Waals surface area contributed by atoms with Crippen LogP contribution >= 0.6 is 0 Å². The molecule has 1 aromatic rings. The van der Waals surface area contributed by atoms with Crippen molar-refractivity contribution in [2.45, 2.75) is 18.6 Å². The summed E-state index contributed by atoms with van der Waals surface area (Å²) < 4.78 is 32.9. The molecule has 1 aromatic carbocycles. The molecule has 26 heavy (non-hydrogen) atoms. The second-order valence-corrected chi connectivity index (χ2v) is 6.82. The van der Waals surface area contributed by atoms with E-state index in [2.05, 4.69) is 5.32 Å². The SMILES string of the molecule is C[C@]1(c2cc(F)ccc2F)NC(=O)N(C[C@@H](O)C[NH+]2CCOCC2)C1=O. The van der Waals surface area contributed by atoms with E-state index in [1.807, 2.05) is 0 Å². The Labute approximate surface area is 149 Å². The lowest BCUT2D eigenvalue weighted by atomic mass is 9.91. The van der Waals surface area contributed by atoms with Gasteiger partial charge >= 0.3 is 6.03 Å². The Bertz CT molecular complexity index is 711. The Morgan fingerprint density at radius 3 is 2.73 bits per heavy atom. The highest BCUT2D eigenvalue weighted by molar-refractivity contribution is 6.07. The van der Waals surface area contributed by atoms with E-state index >= 15 is 0 Å². The molecule has 2 heterocycles. The van der Waals surface area contributed by atoms with Crippen molar-refractivity contribution in [1.29, 1.82) is 0 Å². The van der Waals surface area contributed by atoms with E-state index in [1.54, 1.807) is 0 Å². The number of benzene rings is 1. The smallest absolute Gasteiger partial charge is 0.325 e.